The minimum absolute atomic E-state index is 0.795. The van der Waals surface area contributed by atoms with E-state index < -0.39 is 0 Å². The van der Waals surface area contributed by atoms with Crippen LogP contribution in [0.3, 0.4) is 0 Å². The maximum absolute atomic E-state index is 5.81. The highest BCUT2D eigenvalue weighted by atomic mass is 32.2. The summed E-state index contributed by atoms with van der Waals surface area (Å²) in [7, 11) is 0. The molecule has 3 rings (SSSR count). The van der Waals surface area contributed by atoms with Crippen molar-refractivity contribution < 1.29 is 0 Å². The first kappa shape index (κ1) is 9.55. The summed E-state index contributed by atoms with van der Waals surface area (Å²) < 4.78 is 0. The number of nitrogens with zero attached hydrogens (tertiary/aromatic N) is 1. The second-order valence-corrected chi connectivity index (χ2v) is 5.60. The number of hydrogen-bond acceptors (Lipinski definition) is 3. The Morgan fingerprint density at radius 3 is 2.93 bits per heavy atom. The van der Waals surface area contributed by atoms with Crippen LogP contribution in [-0.4, -0.2) is 22.4 Å². The molecule has 2 heterocycles. The lowest BCUT2D eigenvalue weighted by atomic mass is 10.1. The Balaban J connectivity index is 1.79. The first-order valence-corrected chi connectivity index (χ1v) is 6.67. The van der Waals surface area contributed by atoms with E-state index in [9.17, 15) is 0 Å². The Morgan fingerprint density at radius 2 is 2.13 bits per heavy atom. The molecule has 1 aromatic carbocycles. The predicted octanol–water partition coefficient (Wildman–Crippen LogP) is 2.09. The molecule has 80 valence electrons. The van der Waals surface area contributed by atoms with E-state index in [2.05, 4.69) is 28.8 Å². The van der Waals surface area contributed by atoms with Gasteiger partial charge in [0.15, 0.2) is 0 Å². The molecule has 1 saturated heterocycles. The van der Waals surface area contributed by atoms with Gasteiger partial charge < -0.3 is 5.73 Å². The molecule has 15 heavy (non-hydrogen) atoms. The van der Waals surface area contributed by atoms with E-state index >= 15 is 0 Å². The summed E-state index contributed by atoms with van der Waals surface area (Å²) in [6.45, 7) is 2.23. The molecule has 1 fully saturated rings. The van der Waals surface area contributed by atoms with Gasteiger partial charge in [0, 0.05) is 30.6 Å². The number of nitrogens with two attached hydrogens (primary N) is 1. The van der Waals surface area contributed by atoms with Gasteiger partial charge in [0.2, 0.25) is 0 Å². The molecular formula is C12H16N2S. The predicted molar refractivity (Wildman–Crippen MR) is 65.8 cm³/mol. The number of hydrogen-bond donors (Lipinski definition) is 1. The van der Waals surface area contributed by atoms with E-state index in [1.54, 1.807) is 0 Å². The molecule has 0 aliphatic carbocycles. The molecule has 1 unspecified atom stereocenters. The second kappa shape index (κ2) is 3.72. The molecule has 0 amide bonds. The number of fused-ring (bicyclic) bond motifs is 1. The highest BCUT2D eigenvalue weighted by molar-refractivity contribution is 7.99. The Bertz CT molecular complexity index is 372. The van der Waals surface area contributed by atoms with Gasteiger partial charge in [0.25, 0.3) is 0 Å². The highest BCUT2D eigenvalue weighted by Crippen LogP contribution is 2.31. The lowest BCUT2D eigenvalue weighted by Gasteiger charge is -2.21. The lowest BCUT2D eigenvalue weighted by molar-refractivity contribution is 0.217. The van der Waals surface area contributed by atoms with Crippen molar-refractivity contribution in [3.8, 4) is 0 Å². The van der Waals surface area contributed by atoms with Gasteiger partial charge in [0.1, 0.15) is 0 Å². The molecule has 0 radical (unpaired) electrons. The van der Waals surface area contributed by atoms with Crippen LogP contribution in [0, 0.1) is 0 Å². The van der Waals surface area contributed by atoms with Crippen molar-refractivity contribution in [3.63, 3.8) is 0 Å². The zero-order chi connectivity index (χ0) is 10.3. The summed E-state index contributed by atoms with van der Waals surface area (Å²) in [5.74, 6) is 2.64. The molecule has 0 aromatic heterocycles. The quantitative estimate of drug-likeness (QED) is 0.735. The van der Waals surface area contributed by atoms with E-state index in [0.29, 0.717) is 0 Å². The summed E-state index contributed by atoms with van der Waals surface area (Å²) in [6.07, 6.45) is 1.36. The smallest absolute Gasteiger partial charge is 0.0317 e. The molecule has 0 saturated carbocycles. The summed E-state index contributed by atoms with van der Waals surface area (Å²) in [5.41, 5.74) is 9.62. The summed E-state index contributed by atoms with van der Waals surface area (Å²) >= 11 is 2.08. The summed E-state index contributed by atoms with van der Waals surface area (Å²) in [4.78, 5) is 2.60. The van der Waals surface area contributed by atoms with Crippen molar-refractivity contribution in [3.05, 3.63) is 29.3 Å². The number of anilines is 1. The zero-order valence-electron chi connectivity index (χ0n) is 8.78. The molecular weight excluding hydrogens is 204 g/mol. The molecule has 2 nitrogen and oxygen atoms in total. The molecule has 0 bridgehead atoms. The Morgan fingerprint density at radius 1 is 1.27 bits per heavy atom. The van der Waals surface area contributed by atoms with E-state index in [1.807, 2.05) is 6.07 Å². The number of thioether (sulfide) groups is 1. The molecule has 2 N–H and O–H groups in total. The second-order valence-electron chi connectivity index (χ2n) is 4.45. The van der Waals surface area contributed by atoms with Crippen molar-refractivity contribution in [2.24, 2.45) is 0 Å². The summed E-state index contributed by atoms with van der Waals surface area (Å²) in [6, 6.07) is 7.14. The first-order valence-electron chi connectivity index (χ1n) is 5.52. The van der Waals surface area contributed by atoms with Crippen LogP contribution in [0.15, 0.2) is 18.2 Å². The molecule has 2 aliphatic heterocycles. The fourth-order valence-electron chi connectivity index (χ4n) is 2.51. The third-order valence-electron chi connectivity index (χ3n) is 3.40. The lowest BCUT2D eigenvalue weighted by Crippen LogP contribution is -2.30. The first-order chi connectivity index (χ1) is 7.33. The van der Waals surface area contributed by atoms with E-state index in [4.69, 9.17) is 5.73 Å². The van der Waals surface area contributed by atoms with Crippen molar-refractivity contribution in [1.29, 1.82) is 0 Å². The van der Waals surface area contributed by atoms with Crippen LogP contribution in [-0.2, 0) is 13.1 Å². The van der Waals surface area contributed by atoms with Crippen molar-refractivity contribution in [1.82, 2.24) is 4.90 Å². The van der Waals surface area contributed by atoms with Crippen LogP contribution in [0.2, 0.25) is 0 Å². The van der Waals surface area contributed by atoms with Gasteiger partial charge in [-0.1, -0.05) is 6.07 Å². The largest absolute Gasteiger partial charge is 0.399 e. The van der Waals surface area contributed by atoms with Crippen molar-refractivity contribution >= 4 is 17.4 Å². The molecule has 1 atom stereocenters. The Kier molecular flexibility index (Phi) is 2.37. The van der Waals surface area contributed by atoms with Crippen LogP contribution in [0.4, 0.5) is 5.69 Å². The molecule has 2 aliphatic rings. The third kappa shape index (κ3) is 1.74. The SMILES string of the molecule is Nc1ccc2c(c1)CN(C1CCSC1)C2. The summed E-state index contributed by atoms with van der Waals surface area (Å²) in [5, 5.41) is 0. The fourth-order valence-corrected chi connectivity index (χ4v) is 3.76. The standard InChI is InChI=1S/C12H16N2S/c13-11-2-1-9-6-14(7-10(9)5-11)12-3-4-15-8-12/h1-2,5,12H,3-4,6-8,13H2. The topological polar surface area (TPSA) is 29.3 Å². The third-order valence-corrected chi connectivity index (χ3v) is 4.54. The monoisotopic (exact) mass is 220 g/mol. The average molecular weight is 220 g/mol. The van der Waals surface area contributed by atoms with Gasteiger partial charge in [-0.05, 0) is 35.4 Å². The van der Waals surface area contributed by atoms with E-state index in [0.717, 1.165) is 24.8 Å². The minimum Gasteiger partial charge on any atom is -0.399 e. The van der Waals surface area contributed by atoms with Gasteiger partial charge in [-0.15, -0.1) is 0 Å². The van der Waals surface area contributed by atoms with Crippen LogP contribution < -0.4 is 5.73 Å². The van der Waals surface area contributed by atoms with Crippen LogP contribution >= 0.6 is 11.8 Å². The molecule has 3 heteroatoms. The van der Waals surface area contributed by atoms with Crippen LogP contribution in [0.1, 0.15) is 17.5 Å². The maximum atomic E-state index is 5.81. The van der Waals surface area contributed by atoms with Gasteiger partial charge in [-0.25, -0.2) is 0 Å². The molecule has 0 spiro atoms. The van der Waals surface area contributed by atoms with Crippen molar-refractivity contribution in [2.75, 3.05) is 17.2 Å². The minimum atomic E-state index is 0.795. The zero-order valence-corrected chi connectivity index (χ0v) is 9.59. The normalized spacial score (nSPS) is 25.7. The van der Waals surface area contributed by atoms with Gasteiger partial charge in [-0.3, -0.25) is 4.90 Å². The number of benzene rings is 1. The fraction of sp³-hybridized carbons (Fsp3) is 0.500. The van der Waals surface area contributed by atoms with Crippen LogP contribution in [0.5, 0.6) is 0 Å². The van der Waals surface area contributed by atoms with Gasteiger partial charge in [-0.2, -0.15) is 11.8 Å². The van der Waals surface area contributed by atoms with Gasteiger partial charge >= 0.3 is 0 Å². The van der Waals surface area contributed by atoms with Crippen molar-refractivity contribution in [2.45, 2.75) is 25.6 Å². The molecule has 1 aromatic rings. The van der Waals surface area contributed by atoms with Gasteiger partial charge in [0.05, 0.1) is 0 Å². The maximum Gasteiger partial charge on any atom is 0.0317 e. The number of rotatable bonds is 1. The number of nitrogen functional groups attached to an aromatic ring is 1. The Hall–Kier alpha value is -0.670. The van der Waals surface area contributed by atoms with E-state index in [1.165, 1.54) is 29.1 Å². The Labute approximate surface area is 94.8 Å². The highest BCUT2D eigenvalue weighted by Gasteiger charge is 2.28. The van der Waals surface area contributed by atoms with E-state index in [-0.39, 0.29) is 0 Å². The van der Waals surface area contributed by atoms with Crippen LogP contribution in [0.25, 0.3) is 0 Å². The average Bonchev–Trinajstić information content (AvgIpc) is 2.84.